The van der Waals surface area contributed by atoms with Crippen molar-refractivity contribution in [3.8, 4) is 0 Å². The molecule has 37 heavy (non-hydrogen) atoms. The lowest BCUT2D eigenvalue weighted by Gasteiger charge is -2.30. The number of thiophene rings is 1. The Hall–Kier alpha value is -4.23. The first kappa shape index (κ1) is 24.5. The lowest BCUT2D eigenvalue weighted by Crippen LogP contribution is -2.45. The molecule has 0 unspecified atom stereocenters. The van der Waals surface area contributed by atoms with Gasteiger partial charge in [-0.15, -0.1) is 11.3 Å². The normalized spacial score (nSPS) is 11.8. The van der Waals surface area contributed by atoms with Gasteiger partial charge in [-0.3, -0.25) is 19.5 Å². The standard InChI is InChI=1S/C30H27N3O3S/c1-21-13-14-27(36-21)29(30(35)31-16-15-22-8-3-2-4-9-22)33(28(34)19-25-11-7-17-37-25)24-18-23-10-5-6-12-26(23)32-20-24/h2-14,17-18,20,29H,15-16,19H2,1H3,(H,31,35)/t29-/m0/s1. The van der Waals surface area contributed by atoms with Crippen molar-refractivity contribution >= 4 is 39.7 Å². The lowest BCUT2D eigenvalue weighted by molar-refractivity contribution is -0.126. The van der Waals surface area contributed by atoms with E-state index in [4.69, 9.17) is 4.42 Å². The van der Waals surface area contributed by atoms with E-state index in [2.05, 4.69) is 10.3 Å². The minimum absolute atomic E-state index is 0.165. The van der Waals surface area contributed by atoms with Gasteiger partial charge in [0.25, 0.3) is 5.91 Å². The van der Waals surface area contributed by atoms with Crippen LogP contribution in [0.1, 0.15) is 28.0 Å². The minimum Gasteiger partial charge on any atom is -0.464 e. The zero-order valence-electron chi connectivity index (χ0n) is 20.5. The zero-order chi connectivity index (χ0) is 25.6. The van der Waals surface area contributed by atoms with E-state index in [9.17, 15) is 9.59 Å². The number of rotatable bonds is 9. The number of anilines is 1. The fourth-order valence-corrected chi connectivity index (χ4v) is 5.02. The number of pyridine rings is 1. The van der Waals surface area contributed by atoms with Crippen molar-refractivity contribution in [2.75, 3.05) is 11.4 Å². The number of aromatic nitrogens is 1. The van der Waals surface area contributed by atoms with E-state index < -0.39 is 6.04 Å². The first-order valence-electron chi connectivity index (χ1n) is 12.2. The monoisotopic (exact) mass is 509 g/mol. The van der Waals surface area contributed by atoms with Crippen molar-refractivity contribution in [3.05, 3.63) is 118 Å². The van der Waals surface area contributed by atoms with E-state index >= 15 is 0 Å². The predicted molar refractivity (Wildman–Crippen MR) is 147 cm³/mol. The Labute approximate surface area is 219 Å². The summed E-state index contributed by atoms with van der Waals surface area (Å²) in [7, 11) is 0. The summed E-state index contributed by atoms with van der Waals surface area (Å²) in [6.07, 6.45) is 2.49. The number of nitrogens with zero attached hydrogens (tertiary/aromatic N) is 2. The SMILES string of the molecule is Cc1ccc([C@@H](C(=O)NCCc2ccccc2)N(C(=O)Cc2cccs2)c2cnc3ccccc3c2)o1. The number of aryl methyl sites for hydroxylation is 1. The van der Waals surface area contributed by atoms with Gasteiger partial charge in [-0.05, 0) is 54.6 Å². The van der Waals surface area contributed by atoms with E-state index in [-0.39, 0.29) is 18.2 Å². The maximum Gasteiger partial charge on any atom is 0.251 e. The van der Waals surface area contributed by atoms with E-state index in [1.54, 1.807) is 18.3 Å². The molecule has 6 nitrogen and oxygen atoms in total. The third-order valence-corrected chi connectivity index (χ3v) is 7.00. The summed E-state index contributed by atoms with van der Waals surface area (Å²) in [5.74, 6) is 0.552. The van der Waals surface area contributed by atoms with E-state index in [0.717, 1.165) is 21.3 Å². The van der Waals surface area contributed by atoms with Crippen LogP contribution >= 0.6 is 11.3 Å². The highest BCUT2D eigenvalue weighted by Crippen LogP contribution is 2.31. The number of para-hydroxylation sites is 1. The van der Waals surface area contributed by atoms with Crippen molar-refractivity contribution in [1.82, 2.24) is 10.3 Å². The quantitative estimate of drug-likeness (QED) is 0.270. The molecule has 5 rings (SSSR count). The average Bonchev–Trinajstić information content (AvgIpc) is 3.59. The molecule has 0 radical (unpaired) electrons. The number of amides is 2. The van der Waals surface area contributed by atoms with Gasteiger partial charge in [0.2, 0.25) is 5.91 Å². The highest BCUT2D eigenvalue weighted by molar-refractivity contribution is 7.10. The molecule has 0 fully saturated rings. The second-order valence-electron chi connectivity index (χ2n) is 8.78. The van der Waals surface area contributed by atoms with Gasteiger partial charge in [0.05, 0.1) is 23.8 Å². The molecule has 1 N–H and O–H groups in total. The van der Waals surface area contributed by atoms with Crippen LogP contribution in [0, 0.1) is 6.92 Å². The molecule has 0 saturated heterocycles. The molecule has 0 aliphatic rings. The van der Waals surface area contributed by atoms with Crippen molar-refractivity contribution in [1.29, 1.82) is 0 Å². The summed E-state index contributed by atoms with van der Waals surface area (Å²) in [5, 5.41) is 5.85. The maximum absolute atomic E-state index is 13.9. The summed E-state index contributed by atoms with van der Waals surface area (Å²) >= 11 is 1.51. The molecule has 0 aliphatic heterocycles. The number of nitrogens with one attached hydrogen (secondary N) is 1. The largest absolute Gasteiger partial charge is 0.464 e. The van der Waals surface area contributed by atoms with Crippen LogP contribution in [0.5, 0.6) is 0 Å². The van der Waals surface area contributed by atoms with Gasteiger partial charge in [0.15, 0.2) is 6.04 Å². The Morgan fingerprint density at radius 1 is 1.00 bits per heavy atom. The second-order valence-corrected chi connectivity index (χ2v) is 9.82. The molecule has 0 bridgehead atoms. The fraction of sp³-hybridized carbons (Fsp3) is 0.167. The predicted octanol–water partition coefficient (Wildman–Crippen LogP) is 5.87. The van der Waals surface area contributed by atoms with Crippen molar-refractivity contribution in [2.45, 2.75) is 25.8 Å². The Kier molecular flexibility index (Phi) is 7.42. The summed E-state index contributed by atoms with van der Waals surface area (Å²) in [6.45, 7) is 2.26. The third-order valence-electron chi connectivity index (χ3n) is 6.12. The Bertz CT molecular complexity index is 1500. The van der Waals surface area contributed by atoms with Crippen LogP contribution < -0.4 is 10.2 Å². The number of furan rings is 1. The van der Waals surface area contributed by atoms with Crippen LogP contribution in [0.4, 0.5) is 5.69 Å². The number of hydrogen-bond acceptors (Lipinski definition) is 5. The summed E-state index contributed by atoms with van der Waals surface area (Å²) in [5.41, 5.74) is 2.48. The van der Waals surface area contributed by atoms with Gasteiger partial charge in [0, 0.05) is 16.8 Å². The van der Waals surface area contributed by atoms with Crippen LogP contribution in [0.3, 0.4) is 0 Å². The third kappa shape index (κ3) is 5.78. The molecule has 0 saturated carbocycles. The maximum atomic E-state index is 13.9. The Balaban J connectivity index is 1.51. The molecule has 2 amide bonds. The summed E-state index contributed by atoms with van der Waals surface area (Å²) in [4.78, 5) is 34.6. The van der Waals surface area contributed by atoms with Crippen LogP contribution in [0.15, 0.2) is 101 Å². The van der Waals surface area contributed by atoms with E-state index in [1.165, 1.54) is 16.2 Å². The Morgan fingerprint density at radius 2 is 1.81 bits per heavy atom. The highest BCUT2D eigenvalue weighted by Gasteiger charge is 2.35. The van der Waals surface area contributed by atoms with E-state index in [0.29, 0.717) is 30.2 Å². The van der Waals surface area contributed by atoms with Crippen molar-refractivity contribution in [2.24, 2.45) is 0 Å². The highest BCUT2D eigenvalue weighted by atomic mass is 32.1. The van der Waals surface area contributed by atoms with Gasteiger partial charge >= 0.3 is 0 Å². The van der Waals surface area contributed by atoms with Gasteiger partial charge in [-0.1, -0.05) is 54.6 Å². The molecule has 5 aromatic rings. The lowest BCUT2D eigenvalue weighted by atomic mass is 10.1. The number of carbonyl (C=O) groups excluding carboxylic acids is 2. The van der Waals surface area contributed by atoms with Crippen LogP contribution in [-0.2, 0) is 22.4 Å². The first-order valence-corrected chi connectivity index (χ1v) is 13.0. The summed E-state index contributed by atoms with van der Waals surface area (Å²) < 4.78 is 5.93. The molecule has 7 heteroatoms. The molecular weight excluding hydrogens is 482 g/mol. The zero-order valence-corrected chi connectivity index (χ0v) is 21.3. The molecule has 0 spiro atoms. The van der Waals surface area contributed by atoms with E-state index in [1.807, 2.05) is 85.1 Å². The topological polar surface area (TPSA) is 75.4 Å². The number of carbonyl (C=O) groups is 2. The van der Waals surface area contributed by atoms with Gasteiger partial charge in [0.1, 0.15) is 11.5 Å². The van der Waals surface area contributed by atoms with Gasteiger partial charge in [-0.2, -0.15) is 0 Å². The van der Waals surface area contributed by atoms with Crippen LogP contribution in [0.2, 0.25) is 0 Å². The first-order chi connectivity index (χ1) is 18.1. The smallest absolute Gasteiger partial charge is 0.251 e. The molecule has 1 atom stereocenters. The van der Waals surface area contributed by atoms with Gasteiger partial charge < -0.3 is 9.73 Å². The molecule has 3 aromatic heterocycles. The number of hydrogen-bond donors (Lipinski definition) is 1. The second kappa shape index (κ2) is 11.2. The molecule has 2 aromatic carbocycles. The van der Waals surface area contributed by atoms with Crippen molar-refractivity contribution < 1.29 is 14.0 Å². The average molecular weight is 510 g/mol. The van der Waals surface area contributed by atoms with Crippen molar-refractivity contribution in [3.63, 3.8) is 0 Å². The molecular formula is C30H27N3O3S. The number of fused-ring (bicyclic) bond motifs is 1. The summed E-state index contributed by atoms with van der Waals surface area (Å²) in [6, 6.07) is 26.0. The molecule has 186 valence electrons. The van der Waals surface area contributed by atoms with Crippen LogP contribution in [-0.4, -0.2) is 23.3 Å². The van der Waals surface area contributed by atoms with Crippen LogP contribution in [0.25, 0.3) is 10.9 Å². The minimum atomic E-state index is -0.986. The Morgan fingerprint density at radius 3 is 2.57 bits per heavy atom. The molecule has 0 aliphatic carbocycles. The van der Waals surface area contributed by atoms with Gasteiger partial charge in [-0.25, -0.2) is 0 Å². The fourth-order valence-electron chi connectivity index (χ4n) is 4.32. The number of benzene rings is 2. The molecule has 3 heterocycles.